The molecule has 1 aliphatic heterocycles. The molecule has 0 radical (unpaired) electrons. The van der Waals surface area contributed by atoms with Gasteiger partial charge in [-0.15, -0.1) is 11.8 Å². The van der Waals surface area contributed by atoms with Crippen molar-refractivity contribution in [2.45, 2.75) is 17.2 Å². The maximum atomic E-state index is 10.1. The topological polar surface area (TPSA) is 102 Å². The molecule has 0 unspecified atom stereocenters. The van der Waals surface area contributed by atoms with Gasteiger partial charge in [0, 0.05) is 24.4 Å². The molecule has 1 N–H and O–H groups in total. The Morgan fingerprint density at radius 3 is 2.24 bits per heavy atom. The minimum Gasteiger partial charge on any atom is -0.497 e. The lowest BCUT2D eigenvalue weighted by atomic mass is 9.96. The van der Waals surface area contributed by atoms with Crippen LogP contribution in [0.3, 0.4) is 0 Å². The molecule has 0 saturated carbocycles. The molecule has 3 aromatic rings. The van der Waals surface area contributed by atoms with Crippen LogP contribution >= 0.6 is 11.8 Å². The Morgan fingerprint density at radius 2 is 1.68 bits per heavy atom. The van der Waals surface area contributed by atoms with Gasteiger partial charge in [0.25, 0.3) is 0 Å². The largest absolute Gasteiger partial charge is 0.497 e. The second kappa shape index (κ2) is 10.9. The fourth-order valence-corrected chi connectivity index (χ4v) is 4.60. The molecule has 34 heavy (non-hydrogen) atoms. The third-order valence-corrected chi connectivity index (χ3v) is 6.61. The van der Waals surface area contributed by atoms with E-state index in [1.165, 1.54) is 11.8 Å². The van der Waals surface area contributed by atoms with E-state index in [0.29, 0.717) is 39.0 Å². The molecule has 1 fully saturated rings. The average molecular weight is 473 g/mol. The molecule has 1 saturated heterocycles. The number of rotatable bonds is 9. The van der Waals surface area contributed by atoms with E-state index in [1.54, 1.807) is 19.2 Å². The van der Waals surface area contributed by atoms with Gasteiger partial charge < -0.3 is 19.5 Å². The number of nitriles is 2. The van der Waals surface area contributed by atoms with Crippen molar-refractivity contribution >= 4 is 17.6 Å². The number of anilines is 1. The number of thioether (sulfide) groups is 1. The maximum absolute atomic E-state index is 10.1. The van der Waals surface area contributed by atoms with Gasteiger partial charge in [-0.1, -0.05) is 24.3 Å². The van der Waals surface area contributed by atoms with Crippen LogP contribution in [0, 0.1) is 22.7 Å². The normalized spacial score (nSPS) is 12.4. The molecule has 4 rings (SSSR count). The van der Waals surface area contributed by atoms with Crippen LogP contribution in [0.15, 0.2) is 53.6 Å². The summed E-state index contributed by atoms with van der Waals surface area (Å²) in [6.07, 6.45) is 1.05. The quantitative estimate of drug-likeness (QED) is 0.458. The monoisotopic (exact) mass is 472 g/mol. The van der Waals surface area contributed by atoms with Crippen LogP contribution in [0.1, 0.15) is 23.1 Å². The van der Waals surface area contributed by atoms with Crippen molar-refractivity contribution in [1.29, 1.82) is 10.5 Å². The Hall–Kier alpha value is -3.72. The van der Waals surface area contributed by atoms with Crippen LogP contribution in [0.2, 0.25) is 0 Å². The second-order valence-corrected chi connectivity index (χ2v) is 8.63. The van der Waals surface area contributed by atoms with E-state index in [2.05, 4.69) is 17.0 Å². The van der Waals surface area contributed by atoms with Crippen molar-refractivity contribution in [2.75, 3.05) is 38.3 Å². The first-order chi connectivity index (χ1) is 16.7. The number of methoxy groups -OCH3 is 1. The van der Waals surface area contributed by atoms with Crippen molar-refractivity contribution in [1.82, 2.24) is 4.98 Å². The van der Waals surface area contributed by atoms with Crippen molar-refractivity contribution in [3.05, 3.63) is 65.2 Å². The van der Waals surface area contributed by atoms with Gasteiger partial charge in [-0.05, 0) is 41.8 Å². The number of benzene rings is 2. The molecule has 2 heterocycles. The van der Waals surface area contributed by atoms with Gasteiger partial charge >= 0.3 is 0 Å². The Bertz CT molecular complexity index is 1230. The minimum absolute atomic E-state index is 0.0722. The SMILES string of the molecule is COc1ccc(CSc2nc(N3CCC3)c(C#N)c(-c3ccc(OCCO)cc3)c2C#N)cc1. The van der Waals surface area contributed by atoms with E-state index in [1.807, 2.05) is 36.4 Å². The third kappa shape index (κ3) is 4.94. The van der Waals surface area contributed by atoms with Crippen molar-refractivity contribution < 1.29 is 14.6 Å². The molecule has 2 aromatic carbocycles. The van der Waals surface area contributed by atoms with E-state index in [0.717, 1.165) is 36.4 Å². The molecule has 0 spiro atoms. The van der Waals surface area contributed by atoms with Gasteiger partial charge in [0.2, 0.25) is 0 Å². The number of hydrogen-bond acceptors (Lipinski definition) is 8. The molecule has 0 atom stereocenters. The summed E-state index contributed by atoms with van der Waals surface area (Å²) in [5.41, 5.74) is 3.23. The van der Waals surface area contributed by atoms with Crippen LogP contribution in [0.5, 0.6) is 11.5 Å². The summed E-state index contributed by atoms with van der Waals surface area (Å²) in [6, 6.07) is 19.6. The first-order valence-electron chi connectivity index (χ1n) is 10.9. The van der Waals surface area contributed by atoms with Crippen molar-refractivity contribution in [3.63, 3.8) is 0 Å². The molecule has 1 aromatic heterocycles. The van der Waals surface area contributed by atoms with Crippen LogP contribution in [0.25, 0.3) is 11.1 Å². The highest BCUT2D eigenvalue weighted by molar-refractivity contribution is 7.98. The van der Waals surface area contributed by atoms with Crippen molar-refractivity contribution in [2.24, 2.45) is 0 Å². The lowest BCUT2D eigenvalue weighted by molar-refractivity contribution is 0.201. The molecular weight excluding hydrogens is 448 g/mol. The summed E-state index contributed by atoms with van der Waals surface area (Å²) >= 11 is 1.48. The molecule has 8 heteroatoms. The molecule has 1 aliphatic rings. The number of aliphatic hydroxyl groups is 1. The fourth-order valence-electron chi connectivity index (χ4n) is 3.67. The second-order valence-electron chi connectivity index (χ2n) is 7.66. The lowest BCUT2D eigenvalue weighted by Crippen LogP contribution is -2.38. The molecule has 7 nitrogen and oxygen atoms in total. The van der Waals surface area contributed by atoms with Crippen LogP contribution in [0.4, 0.5) is 5.82 Å². The highest BCUT2D eigenvalue weighted by atomic mass is 32.2. The van der Waals surface area contributed by atoms with Gasteiger partial charge in [-0.2, -0.15) is 10.5 Å². The summed E-state index contributed by atoms with van der Waals surface area (Å²) in [7, 11) is 1.63. The molecule has 172 valence electrons. The number of nitrogens with zero attached hydrogens (tertiary/aromatic N) is 4. The van der Waals surface area contributed by atoms with Gasteiger partial charge in [-0.3, -0.25) is 0 Å². The molecular formula is C26H24N4O3S. The van der Waals surface area contributed by atoms with E-state index in [-0.39, 0.29) is 13.2 Å². The summed E-state index contributed by atoms with van der Waals surface area (Å²) in [6.45, 7) is 1.80. The number of pyridine rings is 1. The van der Waals surface area contributed by atoms with Gasteiger partial charge in [0.1, 0.15) is 46.7 Å². The highest BCUT2D eigenvalue weighted by Gasteiger charge is 2.27. The predicted molar refractivity (Wildman–Crippen MR) is 131 cm³/mol. The predicted octanol–water partition coefficient (Wildman–Crippen LogP) is 4.37. The third-order valence-electron chi connectivity index (χ3n) is 5.56. The van der Waals surface area contributed by atoms with Gasteiger partial charge in [0.15, 0.2) is 0 Å². The summed E-state index contributed by atoms with van der Waals surface area (Å²) in [5.74, 6) is 2.66. The first kappa shape index (κ1) is 23.4. The van der Waals surface area contributed by atoms with E-state index >= 15 is 0 Å². The Morgan fingerprint density at radius 1 is 1.00 bits per heavy atom. The summed E-state index contributed by atoms with van der Waals surface area (Å²) < 4.78 is 10.7. The van der Waals surface area contributed by atoms with E-state index in [9.17, 15) is 10.5 Å². The smallest absolute Gasteiger partial charge is 0.148 e. The average Bonchev–Trinajstić information content (AvgIpc) is 2.85. The Balaban J connectivity index is 1.75. The Kier molecular flexibility index (Phi) is 7.54. The fraction of sp³-hybridized carbons (Fsp3) is 0.269. The van der Waals surface area contributed by atoms with Crippen LogP contribution in [-0.4, -0.2) is 43.5 Å². The Labute approximate surface area is 203 Å². The van der Waals surface area contributed by atoms with E-state index < -0.39 is 0 Å². The molecule has 0 aliphatic carbocycles. The zero-order chi connectivity index (χ0) is 23.9. The standard InChI is InChI=1S/C26H24N4O3S/c1-32-20-7-3-18(4-8-20)17-34-26-23(16-28)24(19-5-9-21(10-6-19)33-14-13-31)22(15-27)25(29-26)30-11-2-12-30/h3-10,31H,2,11-14,17H2,1H3. The maximum Gasteiger partial charge on any atom is 0.148 e. The highest BCUT2D eigenvalue weighted by Crippen LogP contribution is 2.40. The van der Waals surface area contributed by atoms with Crippen LogP contribution < -0.4 is 14.4 Å². The molecule has 0 bridgehead atoms. The first-order valence-corrected chi connectivity index (χ1v) is 11.9. The summed E-state index contributed by atoms with van der Waals surface area (Å²) in [5, 5.41) is 29.8. The van der Waals surface area contributed by atoms with Gasteiger partial charge in [-0.25, -0.2) is 4.98 Å². The zero-order valence-electron chi connectivity index (χ0n) is 18.8. The number of aromatic nitrogens is 1. The van der Waals surface area contributed by atoms with E-state index in [4.69, 9.17) is 19.6 Å². The van der Waals surface area contributed by atoms with Crippen molar-refractivity contribution in [3.8, 4) is 34.8 Å². The number of aliphatic hydroxyl groups excluding tert-OH is 1. The molecule has 0 amide bonds. The summed E-state index contributed by atoms with van der Waals surface area (Å²) in [4.78, 5) is 6.88. The van der Waals surface area contributed by atoms with Gasteiger partial charge in [0.05, 0.1) is 19.3 Å². The zero-order valence-corrected chi connectivity index (χ0v) is 19.6. The number of ether oxygens (including phenoxy) is 2. The lowest BCUT2D eigenvalue weighted by Gasteiger charge is -2.33. The van der Waals surface area contributed by atoms with Crippen LogP contribution in [-0.2, 0) is 5.75 Å². The number of hydrogen-bond donors (Lipinski definition) is 1. The minimum atomic E-state index is -0.0722.